The molecule has 1 atom stereocenters. The van der Waals surface area contributed by atoms with E-state index in [9.17, 15) is 21.6 Å². The summed E-state index contributed by atoms with van der Waals surface area (Å²) in [6, 6.07) is 0.836. The highest BCUT2D eigenvalue weighted by atomic mass is 32.2. The SMILES string of the molecule is N[C@H](Cc1cc(F)c(F)cc1F)C1CCN(S(=O)(=O)c2cncnc2)CC1. The van der Waals surface area contributed by atoms with Crippen LogP contribution in [-0.4, -0.2) is 41.8 Å². The van der Waals surface area contributed by atoms with Crippen molar-refractivity contribution in [2.24, 2.45) is 11.7 Å². The first-order valence-corrected chi connectivity index (χ1v) is 9.87. The van der Waals surface area contributed by atoms with Gasteiger partial charge in [0.15, 0.2) is 11.6 Å². The molecule has 27 heavy (non-hydrogen) atoms. The van der Waals surface area contributed by atoms with Crippen molar-refractivity contribution in [3.05, 3.63) is 53.9 Å². The van der Waals surface area contributed by atoms with Gasteiger partial charge >= 0.3 is 0 Å². The van der Waals surface area contributed by atoms with Crippen LogP contribution in [0.3, 0.4) is 0 Å². The monoisotopic (exact) mass is 400 g/mol. The minimum absolute atomic E-state index is 0.0119. The van der Waals surface area contributed by atoms with Crippen LogP contribution in [0.4, 0.5) is 13.2 Å². The zero-order valence-corrected chi connectivity index (χ0v) is 15.2. The topological polar surface area (TPSA) is 89.2 Å². The molecule has 2 heterocycles. The zero-order valence-electron chi connectivity index (χ0n) is 14.4. The molecule has 1 aliphatic rings. The number of aromatic nitrogens is 2. The molecule has 0 bridgehead atoms. The van der Waals surface area contributed by atoms with E-state index in [0.717, 1.165) is 6.07 Å². The van der Waals surface area contributed by atoms with Crippen LogP contribution in [0.2, 0.25) is 0 Å². The smallest absolute Gasteiger partial charge is 0.246 e. The Morgan fingerprint density at radius 3 is 2.30 bits per heavy atom. The van der Waals surface area contributed by atoms with Crippen molar-refractivity contribution in [3.63, 3.8) is 0 Å². The maximum atomic E-state index is 13.8. The lowest BCUT2D eigenvalue weighted by atomic mass is 9.87. The van der Waals surface area contributed by atoms with Gasteiger partial charge in [0.05, 0.1) is 12.4 Å². The normalized spacial score (nSPS) is 17.8. The van der Waals surface area contributed by atoms with Gasteiger partial charge in [0.2, 0.25) is 10.0 Å². The van der Waals surface area contributed by atoms with Gasteiger partial charge in [0, 0.05) is 25.2 Å². The first kappa shape index (κ1) is 19.7. The van der Waals surface area contributed by atoms with Crippen molar-refractivity contribution in [2.45, 2.75) is 30.2 Å². The minimum atomic E-state index is -3.67. The maximum absolute atomic E-state index is 13.8. The fourth-order valence-electron chi connectivity index (χ4n) is 3.25. The van der Waals surface area contributed by atoms with E-state index in [1.807, 2.05) is 0 Å². The summed E-state index contributed by atoms with van der Waals surface area (Å²) in [5.74, 6) is -3.26. The molecule has 1 aliphatic heterocycles. The second kappa shape index (κ2) is 7.91. The Bertz CT molecular complexity index is 904. The Hall–Kier alpha value is -2.04. The fourth-order valence-corrected chi connectivity index (χ4v) is 4.63. The number of hydrogen-bond donors (Lipinski definition) is 1. The molecule has 2 N–H and O–H groups in total. The van der Waals surface area contributed by atoms with Crippen molar-refractivity contribution in [2.75, 3.05) is 13.1 Å². The number of nitrogens with zero attached hydrogens (tertiary/aromatic N) is 3. The van der Waals surface area contributed by atoms with E-state index in [2.05, 4.69) is 9.97 Å². The molecule has 0 amide bonds. The molecule has 0 saturated carbocycles. The number of nitrogens with two attached hydrogens (primary N) is 1. The average Bonchev–Trinajstić information content (AvgIpc) is 2.67. The molecule has 1 aromatic carbocycles. The molecule has 6 nitrogen and oxygen atoms in total. The Balaban J connectivity index is 1.63. The molecule has 0 unspecified atom stereocenters. The summed E-state index contributed by atoms with van der Waals surface area (Å²) in [4.78, 5) is 7.48. The molecule has 1 fully saturated rings. The number of hydrogen-bond acceptors (Lipinski definition) is 5. The van der Waals surface area contributed by atoms with Crippen molar-refractivity contribution >= 4 is 10.0 Å². The zero-order chi connectivity index (χ0) is 19.6. The maximum Gasteiger partial charge on any atom is 0.246 e. The van der Waals surface area contributed by atoms with E-state index in [-0.39, 0.29) is 35.9 Å². The largest absolute Gasteiger partial charge is 0.327 e. The Kier molecular flexibility index (Phi) is 5.78. The van der Waals surface area contributed by atoms with Gasteiger partial charge in [-0.05, 0) is 36.8 Å². The Morgan fingerprint density at radius 1 is 1.07 bits per heavy atom. The van der Waals surface area contributed by atoms with Gasteiger partial charge in [-0.2, -0.15) is 4.31 Å². The molecular weight excluding hydrogens is 381 g/mol. The van der Waals surface area contributed by atoms with E-state index in [0.29, 0.717) is 18.9 Å². The second-order valence-electron chi connectivity index (χ2n) is 6.54. The van der Waals surface area contributed by atoms with Crippen LogP contribution in [-0.2, 0) is 16.4 Å². The lowest BCUT2D eigenvalue weighted by Gasteiger charge is -2.34. The standard InChI is InChI=1S/C17H19F3N4O2S/c18-14-7-16(20)15(19)5-12(14)6-17(21)11-1-3-24(4-2-11)27(25,26)13-8-22-10-23-9-13/h5,7-11,17H,1-4,6,21H2/t17-/m1/s1. The first-order chi connectivity index (χ1) is 12.8. The van der Waals surface area contributed by atoms with Gasteiger partial charge in [0.1, 0.15) is 17.0 Å². The van der Waals surface area contributed by atoms with Crippen LogP contribution in [0.15, 0.2) is 35.7 Å². The first-order valence-electron chi connectivity index (χ1n) is 8.43. The van der Waals surface area contributed by atoms with Crippen LogP contribution in [0.25, 0.3) is 0 Å². The van der Waals surface area contributed by atoms with Gasteiger partial charge in [0.25, 0.3) is 0 Å². The number of piperidine rings is 1. The van der Waals surface area contributed by atoms with Gasteiger partial charge in [-0.3, -0.25) is 0 Å². The number of sulfonamides is 1. The predicted octanol–water partition coefficient (Wildman–Crippen LogP) is 1.86. The highest BCUT2D eigenvalue weighted by Gasteiger charge is 2.32. The van der Waals surface area contributed by atoms with Gasteiger partial charge < -0.3 is 5.73 Å². The van der Waals surface area contributed by atoms with Crippen molar-refractivity contribution in [1.29, 1.82) is 0 Å². The molecule has 1 aromatic heterocycles. The van der Waals surface area contributed by atoms with E-state index >= 15 is 0 Å². The quantitative estimate of drug-likeness (QED) is 0.774. The van der Waals surface area contributed by atoms with E-state index < -0.39 is 33.5 Å². The fraction of sp³-hybridized carbons (Fsp3) is 0.412. The Morgan fingerprint density at radius 2 is 1.67 bits per heavy atom. The highest BCUT2D eigenvalue weighted by Crippen LogP contribution is 2.26. The molecule has 146 valence electrons. The molecule has 0 aliphatic carbocycles. The molecule has 3 rings (SSSR count). The minimum Gasteiger partial charge on any atom is -0.327 e. The summed E-state index contributed by atoms with van der Waals surface area (Å²) in [6.45, 7) is 0.520. The predicted molar refractivity (Wildman–Crippen MR) is 91.5 cm³/mol. The van der Waals surface area contributed by atoms with Gasteiger partial charge in [-0.1, -0.05) is 0 Å². The van der Waals surface area contributed by atoms with Gasteiger partial charge in [-0.15, -0.1) is 0 Å². The lowest BCUT2D eigenvalue weighted by molar-refractivity contribution is 0.242. The summed E-state index contributed by atoms with van der Waals surface area (Å²) in [5, 5.41) is 0. The molecule has 10 heteroatoms. The highest BCUT2D eigenvalue weighted by molar-refractivity contribution is 7.89. The lowest BCUT2D eigenvalue weighted by Crippen LogP contribution is -2.44. The third-order valence-corrected chi connectivity index (χ3v) is 6.68. The average molecular weight is 400 g/mol. The van der Waals surface area contributed by atoms with Crippen LogP contribution >= 0.6 is 0 Å². The number of rotatable bonds is 5. The summed E-state index contributed by atoms with van der Waals surface area (Å²) in [5.41, 5.74) is 6.14. The number of benzene rings is 1. The van der Waals surface area contributed by atoms with E-state index in [1.54, 1.807) is 0 Å². The molecular formula is C17H19F3N4O2S. The van der Waals surface area contributed by atoms with Crippen molar-refractivity contribution in [3.8, 4) is 0 Å². The third kappa shape index (κ3) is 4.28. The van der Waals surface area contributed by atoms with Crippen molar-refractivity contribution < 1.29 is 21.6 Å². The molecule has 0 radical (unpaired) electrons. The number of halogens is 3. The Labute approximate surface area is 155 Å². The molecule has 0 spiro atoms. The van der Waals surface area contributed by atoms with Crippen molar-refractivity contribution in [1.82, 2.24) is 14.3 Å². The van der Waals surface area contributed by atoms with Crippen LogP contribution in [0.5, 0.6) is 0 Å². The van der Waals surface area contributed by atoms with E-state index in [1.165, 1.54) is 23.0 Å². The van der Waals surface area contributed by atoms with Crippen LogP contribution in [0, 0.1) is 23.4 Å². The van der Waals surface area contributed by atoms with Crippen LogP contribution < -0.4 is 5.73 Å². The summed E-state index contributed by atoms with van der Waals surface area (Å²) in [6.07, 6.45) is 4.76. The molecule has 1 saturated heterocycles. The third-order valence-electron chi connectivity index (χ3n) is 4.82. The summed E-state index contributed by atoms with van der Waals surface area (Å²) < 4.78 is 66.6. The van der Waals surface area contributed by atoms with Crippen LogP contribution in [0.1, 0.15) is 18.4 Å². The molecule has 2 aromatic rings. The summed E-state index contributed by atoms with van der Waals surface area (Å²) >= 11 is 0. The summed E-state index contributed by atoms with van der Waals surface area (Å²) in [7, 11) is -3.67. The van der Waals surface area contributed by atoms with E-state index in [4.69, 9.17) is 5.73 Å². The second-order valence-corrected chi connectivity index (χ2v) is 8.48. The van der Waals surface area contributed by atoms with Gasteiger partial charge in [-0.25, -0.2) is 31.6 Å².